The smallest absolute Gasteiger partial charge is 0.161 e. The average molecular weight is 331 g/mol. The summed E-state index contributed by atoms with van der Waals surface area (Å²) in [6.07, 6.45) is 0. The second-order valence-corrected chi connectivity index (χ2v) is 7.15. The van der Waals surface area contributed by atoms with Gasteiger partial charge in [0.1, 0.15) is 13.2 Å². The van der Waals surface area contributed by atoms with Crippen LogP contribution in [0.3, 0.4) is 0 Å². The molecule has 122 valence electrons. The third-order valence-corrected chi connectivity index (χ3v) is 5.07. The Kier molecular flexibility index (Phi) is 5.31. The highest BCUT2D eigenvalue weighted by molar-refractivity contribution is 7.85. The standard InChI is InChI=1S/C18H21NO3S/c1-19(9-12-23(20)16-5-3-2-4-6-16)14-15-7-8-17-18(13-15)22-11-10-21-17/h2-8,13H,9-12,14H2,1H3/t23-/m1/s1. The van der Waals surface area contributed by atoms with Gasteiger partial charge in [0.25, 0.3) is 0 Å². The van der Waals surface area contributed by atoms with Gasteiger partial charge in [-0.05, 0) is 36.9 Å². The lowest BCUT2D eigenvalue weighted by Gasteiger charge is -2.21. The zero-order valence-corrected chi connectivity index (χ0v) is 14.1. The zero-order chi connectivity index (χ0) is 16.1. The van der Waals surface area contributed by atoms with Gasteiger partial charge in [0, 0.05) is 23.7 Å². The Morgan fingerprint density at radius 3 is 2.57 bits per heavy atom. The lowest BCUT2D eigenvalue weighted by atomic mass is 10.2. The molecule has 3 rings (SSSR count). The maximum Gasteiger partial charge on any atom is 0.161 e. The van der Waals surface area contributed by atoms with E-state index >= 15 is 0 Å². The normalized spacial score (nSPS) is 14.7. The van der Waals surface area contributed by atoms with Crippen LogP contribution in [-0.4, -0.2) is 41.7 Å². The molecule has 4 nitrogen and oxygen atoms in total. The Morgan fingerprint density at radius 1 is 1.04 bits per heavy atom. The first-order valence-corrected chi connectivity index (χ1v) is 9.05. The monoisotopic (exact) mass is 331 g/mol. The van der Waals surface area contributed by atoms with Gasteiger partial charge in [-0.1, -0.05) is 24.3 Å². The molecular weight excluding hydrogens is 310 g/mol. The molecule has 5 heteroatoms. The van der Waals surface area contributed by atoms with Crippen LogP contribution in [0.5, 0.6) is 11.5 Å². The number of benzene rings is 2. The van der Waals surface area contributed by atoms with Crippen molar-refractivity contribution in [1.29, 1.82) is 0 Å². The van der Waals surface area contributed by atoms with Crippen LogP contribution in [0.1, 0.15) is 5.56 Å². The van der Waals surface area contributed by atoms with Crippen LogP contribution < -0.4 is 9.47 Å². The Balaban J connectivity index is 1.53. The van der Waals surface area contributed by atoms with E-state index in [1.165, 1.54) is 5.56 Å². The summed E-state index contributed by atoms with van der Waals surface area (Å²) >= 11 is 0. The van der Waals surface area contributed by atoms with Crippen molar-refractivity contribution < 1.29 is 13.7 Å². The molecule has 0 spiro atoms. The average Bonchev–Trinajstić information content (AvgIpc) is 2.60. The van der Waals surface area contributed by atoms with Crippen molar-refractivity contribution in [2.24, 2.45) is 0 Å². The van der Waals surface area contributed by atoms with Crippen LogP contribution in [-0.2, 0) is 17.3 Å². The molecule has 1 aliphatic rings. The van der Waals surface area contributed by atoms with Crippen molar-refractivity contribution in [3.63, 3.8) is 0 Å². The summed E-state index contributed by atoms with van der Waals surface area (Å²) in [5, 5.41) is 0. The molecule has 2 aromatic rings. The quantitative estimate of drug-likeness (QED) is 0.816. The second-order valence-electron chi connectivity index (χ2n) is 5.58. The number of ether oxygens (including phenoxy) is 2. The van der Waals surface area contributed by atoms with Crippen molar-refractivity contribution in [2.45, 2.75) is 11.4 Å². The van der Waals surface area contributed by atoms with E-state index < -0.39 is 10.8 Å². The highest BCUT2D eigenvalue weighted by atomic mass is 32.2. The van der Waals surface area contributed by atoms with E-state index in [1.54, 1.807) is 0 Å². The fraction of sp³-hybridized carbons (Fsp3) is 0.333. The number of fused-ring (bicyclic) bond motifs is 1. The summed E-state index contributed by atoms with van der Waals surface area (Å²) in [6, 6.07) is 15.7. The molecule has 0 aliphatic carbocycles. The van der Waals surface area contributed by atoms with Crippen LogP contribution in [0.4, 0.5) is 0 Å². The van der Waals surface area contributed by atoms with Crippen LogP contribution in [0.15, 0.2) is 53.4 Å². The molecule has 23 heavy (non-hydrogen) atoms. The van der Waals surface area contributed by atoms with E-state index in [0.29, 0.717) is 19.0 Å². The molecular formula is C18H21NO3S. The predicted octanol–water partition coefficient (Wildman–Crippen LogP) is 2.70. The van der Waals surface area contributed by atoms with Crippen molar-refractivity contribution in [1.82, 2.24) is 4.90 Å². The molecule has 0 unspecified atom stereocenters. The lowest BCUT2D eigenvalue weighted by Crippen LogP contribution is -2.23. The van der Waals surface area contributed by atoms with Gasteiger partial charge in [-0.3, -0.25) is 4.21 Å². The molecule has 2 aromatic carbocycles. The summed E-state index contributed by atoms with van der Waals surface area (Å²) in [5.74, 6) is 2.26. The molecule has 0 amide bonds. The molecule has 1 aliphatic heterocycles. The molecule has 0 fully saturated rings. The SMILES string of the molecule is CN(CC[S@@](=O)c1ccccc1)Cc1ccc2c(c1)OCCO2. The number of hydrogen-bond acceptors (Lipinski definition) is 4. The Labute approximate surface area is 139 Å². The maximum atomic E-state index is 12.2. The van der Waals surface area contributed by atoms with E-state index in [1.807, 2.05) is 49.5 Å². The summed E-state index contributed by atoms with van der Waals surface area (Å²) < 4.78 is 23.4. The molecule has 1 atom stereocenters. The fourth-order valence-corrected chi connectivity index (χ4v) is 3.68. The minimum Gasteiger partial charge on any atom is -0.486 e. The summed E-state index contributed by atoms with van der Waals surface area (Å²) in [7, 11) is 1.09. The molecule has 0 saturated carbocycles. The van der Waals surface area contributed by atoms with E-state index in [-0.39, 0.29) is 0 Å². The molecule has 0 aromatic heterocycles. The van der Waals surface area contributed by atoms with Crippen LogP contribution in [0.2, 0.25) is 0 Å². The molecule has 0 N–H and O–H groups in total. The summed E-state index contributed by atoms with van der Waals surface area (Å²) in [6.45, 7) is 2.78. The van der Waals surface area contributed by atoms with Gasteiger partial charge < -0.3 is 14.4 Å². The van der Waals surface area contributed by atoms with Gasteiger partial charge in [-0.15, -0.1) is 0 Å². The summed E-state index contributed by atoms with van der Waals surface area (Å²) in [5.41, 5.74) is 1.17. The number of hydrogen-bond donors (Lipinski definition) is 0. The predicted molar refractivity (Wildman–Crippen MR) is 91.5 cm³/mol. The van der Waals surface area contributed by atoms with Crippen molar-refractivity contribution >= 4 is 10.8 Å². The van der Waals surface area contributed by atoms with E-state index in [9.17, 15) is 4.21 Å². The Bertz CT molecular complexity index is 675. The van der Waals surface area contributed by atoms with Gasteiger partial charge in [-0.2, -0.15) is 0 Å². The number of rotatable bonds is 6. The third kappa shape index (κ3) is 4.33. The molecule has 0 bridgehead atoms. The number of nitrogens with zero attached hydrogens (tertiary/aromatic N) is 1. The molecule has 0 saturated heterocycles. The minimum atomic E-state index is -0.950. The zero-order valence-electron chi connectivity index (χ0n) is 13.2. The lowest BCUT2D eigenvalue weighted by molar-refractivity contribution is 0.171. The second kappa shape index (κ2) is 7.62. The van der Waals surface area contributed by atoms with E-state index in [2.05, 4.69) is 11.0 Å². The first-order valence-electron chi connectivity index (χ1n) is 7.73. The van der Waals surface area contributed by atoms with Crippen LogP contribution in [0, 0.1) is 0 Å². The van der Waals surface area contributed by atoms with Crippen LogP contribution >= 0.6 is 0 Å². The Hall–Kier alpha value is -1.85. The van der Waals surface area contributed by atoms with E-state index in [0.717, 1.165) is 29.5 Å². The summed E-state index contributed by atoms with van der Waals surface area (Å²) in [4.78, 5) is 3.06. The van der Waals surface area contributed by atoms with Gasteiger partial charge in [0.05, 0.1) is 10.8 Å². The highest BCUT2D eigenvalue weighted by Crippen LogP contribution is 2.30. The first kappa shape index (κ1) is 16.0. The minimum absolute atomic E-state index is 0.600. The molecule has 0 radical (unpaired) electrons. The van der Waals surface area contributed by atoms with Crippen LogP contribution in [0.25, 0.3) is 0 Å². The van der Waals surface area contributed by atoms with E-state index in [4.69, 9.17) is 9.47 Å². The van der Waals surface area contributed by atoms with Gasteiger partial charge in [0.2, 0.25) is 0 Å². The van der Waals surface area contributed by atoms with Crippen molar-refractivity contribution in [2.75, 3.05) is 32.6 Å². The van der Waals surface area contributed by atoms with Crippen molar-refractivity contribution in [3.05, 3.63) is 54.1 Å². The Morgan fingerprint density at radius 2 is 1.78 bits per heavy atom. The fourth-order valence-electron chi connectivity index (χ4n) is 2.51. The highest BCUT2D eigenvalue weighted by Gasteiger charge is 2.12. The van der Waals surface area contributed by atoms with Gasteiger partial charge >= 0.3 is 0 Å². The molecule has 1 heterocycles. The maximum absolute atomic E-state index is 12.2. The van der Waals surface area contributed by atoms with Crippen molar-refractivity contribution in [3.8, 4) is 11.5 Å². The largest absolute Gasteiger partial charge is 0.486 e. The third-order valence-electron chi connectivity index (χ3n) is 3.72. The van der Waals surface area contributed by atoms with Gasteiger partial charge in [-0.25, -0.2) is 0 Å². The van der Waals surface area contributed by atoms with Gasteiger partial charge in [0.15, 0.2) is 11.5 Å². The topological polar surface area (TPSA) is 38.8 Å². The first-order chi connectivity index (χ1) is 11.2.